The number of nitrogens with zero attached hydrogens (tertiary/aromatic N) is 2. The second-order valence-corrected chi connectivity index (χ2v) is 8.71. The fourth-order valence-electron chi connectivity index (χ4n) is 2.66. The van der Waals surface area contributed by atoms with E-state index in [9.17, 15) is 13.2 Å². The Morgan fingerprint density at radius 2 is 1.82 bits per heavy atom. The van der Waals surface area contributed by atoms with E-state index in [2.05, 4.69) is 15.9 Å². The molecule has 0 atom stereocenters. The van der Waals surface area contributed by atoms with Crippen molar-refractivity contribution in [2.45, 2.75) is 24.7 Å². The third-order valence-electron chi connectivity index (χ3n) is 4.24. The number of halogens is 1. The van der Waals surface area contributed by atoms with Gasteiger partial charge in [-0.05, 0) is 43.5 Å². The van der Waals surface area contributed by atoms with E-state index in [0.717, 1.165) is 22.9 Å². The first-order valence-electron chi connectivity index (χ1n) is 7.44. The third kappa shape index (κ3) is 3.07. The molecule has 5 nitrogen and oxygen atoms in total. The summed E-state index contributed by atoms with van der Waals surface area (Å²) in [5.74, 6) is 0.383. The van der Waals surface area contributed by atoms with Crippen LogP contribution in [0.4, 0.5) is 0 Å². The number of hydrogen-bond donors (Lipinski definition) is 0. The van der Waals surface area contributed by atoms with E-state index in [-0.39, 0.29) is 11.8 Å². The maximum Gasteiger partial charge on any atom is 0.243 e. The molecule has 1 aromatic rings. The summed E-state index contributed by atoms with van der Waals surface area (Å²) in [5, 5.41) is 0. The molecular weight excluding hydrogens is 368 g/mol. The highest BCUT2D eigenvalue weighted by molar-refractivity contribution is 9.10. The molecule has 1 heterocycles. The predicted molar refractivity (Wildman–Crippen MR) is 86.9 cm³/mol. The average molecular weight is 387 g/mol. The van der Waals surface area contributed by atoms with Gasteiger partial charge in [0, 0.05) is 36.6 Å². The molecule has 22 heavy (non-hydrogen) atoms. The number of amides is 1. The van der Waals surface area contributed by atoms with Crippen molar-refractivity contribution in [2.75, 3.05) is 26.2 Å². The van der Waals surface area contributed by atoms with Gasteiger partial charge in [-0.1, -0.05) is 15.9 Å². The molecule has 1 aliphatic carbocycles. The van der Waals surface area contributed by atoms with Crippen LogP contribution in [0.5, 0.6) is 0 Å². The van der Waals surface area contributed by atoms with E-state index < -0.39 is 10.0 Å². The van der Waals surface area contributed by atoms with Crippen LogP contribution in [0, 0.1) is 12.8 Å². The highest BCUT2D eigenvalue weighted by Gasteiger charge is 2.36. The number of hydrogen-bond acceptors (Lipinski definition) is 3. The van der Waals surface area contributed by atoms with Crippen LogP contribution in [0.1, 0.15) is 18.4 Å². The Hall–Kier alpha value is -0.920. The minimum absolute atomic E-state index is 0.191. The molecule has 1 aromatic carbocycles. The van der Waals surface area contributed by atoms with Gasteiger partial charge < -0.3 is 4.90 Å². The molecule has 1 saturated heterocycles. The molecule has 0 aromatic heterocycles. The number of carbonyl (C=O) groups excluding carboxylic acids is 1. The molecule has 0 radical (unpaired) electrons. The molecule has 120 valence electrons. The van der Waals surface area contributed by atoms with Gasteiger partial charge in [-0.25, -0.2) is 8.42 Å². The van der Waals surface area contributed by atoms with E-state index in [4.69, 9.17) is 0 Å². The molecule has 7 heteroatoms. The van der Waals surface area contributed by atoms with Gasteiger partial charge >= 0.3 is 0 Å². The minimum Gasteiger partial charge on any atom is -0.340 e. The number of aryl methyl sites for hydroxylation is 1. The van der Waals surface area contributed by atoms with Gasteiger partial charge in [0.05, 0.1) is 4.90 Å². The van der Waals surface area contributed by atoms with Gasteiger partial charge in [0.2, 0.25) is 15.9 Å². The predicted octanol–water partition coefficient (Wildman–Crippen LogP) is 2.00. The summed E-state index contributed by atoms with van der Waals surface area (Å²) < 4.78 is 27.7. The van der Waals surface area contributed by atoms with Crippen molar-refractivity contribution >= 4 is 31.9 Å². The van der Waals surface area contributed by atoms with E-state index in [0.29, 0.717) is 31.1 Å². The first kappa shape index (κ1) is 16.0. The summed E-state index contributed by atoms with van der Waals surface area (Å²) in [7, 11) is -3.48. The first-order valence-corrected chi connectivity index (χ1v) is 9.68. The van der Waals surface area contributed by atoms with Crippen LogP contribution in [0.3, 0.4) is 0 Å². The van der Waals surface area contributed by atoms with Crippen LogP contribution >= 0.6 is 15.9 Å². The molecule has 0 N–H and O–H groups in total. The second kappa shape index (κ2) is 5.94. The first-order chi connectivity index (χ1) is 10.4. The van der Waals surface area contributed by atoms with Crippen molar-refractivity contribution < 1.29 is 13.2 Å². The lowest BCUT2D eigenvalue weighted by atomic mass is 10.2. The molecule has 1 aliphatic heterocycles. The topological polar surface area (TPSA) is 57.7 Å². The largest absolute Gasteiger partial charge is 0.340 e. The van der Waals surface area contributed by atoms with Crippen molar-refractivity contribution in [1.29, 1.82) is 0 Å². The third-order valence-corrected chi connectivity index (χ3v) is 7.03. The normalized spacial score (nSPS) is 20.2. The number of benzene rings is 1. The molecule has 3 rings (SSSR count). The Morgan fingerprint density at radius 1 is 1.18 bits per heavy atom. The summed E-state index contributed by atoms with van der Waals surface area (Å²) in [6.07, 6.45) is 1.96. The summed E-state index contributed by atoms with van der Waals surface area (Å²) in [6, 6.07) is 5.06. The Balaban J connectivity index is 1.71. The molecular formula is C15H19BrN2O3S. The second-order valence-electron chi connectivity index (χ2n) is 5.91. The highest BCUT2D eigenvalue weighted by atomic mass is 79.9. The van der Waals surface area contributed by atoms with E-state index in [1.54, 1.807) is 23.1 Å². The summed E-state index contributed by atoms with van der Waals surface area (Å²) in [6.45, 7) is 3.59. The standard InChI is InChI=1S/C15H19BrN2O3S/c1-11-10-13(4-5-14(11)16)22(20,21)18-8-6-17(7-9-18)15(19)12-2-3-12/h4-5,10,12H,2-3,6-9H2,1H3. The van der Waals surface area contributed by atoms with Gasteiger partial charge in [0.15, 0.2) is 0 Å². The van der Waals surface area contributed by atoms with Gasteiger partial charge in [-0.3, -0.25) is 4.79 Å². The van der Waals surface area contributed by atoms with E-state index in [1.807, 2.05) is 6.92 Å². The van der Waals surface area contributed by atoms with Gasteiger partial charge in [0.25, 0.3) is 0 Å². The summed E-state index contributed by atoms with van der Waals surface area (Å²) in [4.78, 5) is 14.1. The van der Waals surface area contributed by atoms with E-state index >= 15 is 0 Å². The highest BCUT2D eigenvalue weighted by Crippen LogP contribution is 2.31. The Morgan fingerprint density at radius 3 is 2.36 bits per heavy atom. The van der Waals surface area contributed by atoms with Crippen molar-refractivity contribution in [2.24, 2.45) is 5.92 Å². The van der Waals surface area contributed by atoms with Crippen molar-refractivity contribution in [3.8, 4) is 0 Å². The van der Waals surface area contributed by atoms with Crippen molar-refractivity contribution in [3.63, 3.8) is 0 Å². The lowest BCUT2D eigenvalue weighted by Gasteiger charge is -2.34. The minimum atomic E-state index is -3.48. The maximum absolute atomic E-state index is 12.7. The Kier molecular flexibility index (Phi) is 4.31. The quantitative estimate of drug-likeness (QED) is 0.797. The van der Waals surface area contributed by atoms with Gasteiger partial charge in [0.1, 0.15) is 0 Å². The zero-order valence-electron chi connectivity index (χ0n) is 12.5. The zero-order chi connectivity index (χ0) is 15.9. The molecule has 2 fully saturated rings. The average Bonchev–Trinajstić information content (AvgIpc) is 3.34. The fourth-order valence-corrected chi connectivity index (χ4v) is 4.42. The zero-order valence-corrected chi connectivity index (χ0v) is 14.9. The van der Waals surface area contributed by atoms with Crippen molar-refractivity contribution in [1.82, 2.24) is 9.21 Å². The lowest BCUT2D eigenvalue weighted by molar-refractivity contribution is -0.133. The van der Waals surface area contributed by atoms with Crippen LogP contribution in [-0.4, -0.2) is 49.7 Å². The van der Waals surface area contributed by atoms with Crippen LogP contribution in [0.15, 0.2) is 27.6 Å². The molecule has 0 bridgehead atoms. The maximum atomic E-state index is 12.7. The number of carbonyl (C=O) groups is 1. The smallest absolute Gasteiger partial charge is 0.243 e. The SMILES string of the molecule is Cc1cc(S(=O)(=O)N2CCN(C(=O)C3CC3)CC2)ccc1Br. The van der Waals surface area contributed by atoms with Crippen molar-refractivity contribution in [3.05, 3.63) is 28.2 Å². The Labute approximate surface area is 139 Å². The molecule has 1 amide bonds. The Bertz CT molecular complexity index is 693. The van der Waals surface area contributed by atoms with Crippen LogP contribution < -0.4 is 0 Å². The monoisotopic (exact) mass is 386 g/mol. The van der Waals surface area contributed by atoms with Crippen LogP contribution in [0.25, 0.3) is 0 Å². The number of sulfonamides is 1. The van der Waals surface area contributed by atoms with Gasteiger partial charge in [-0.15, -0.1) is 0 Å². The summed E-state index contributed by atoms with van der Waals surface area (Å²) >= 11 is 3.38. The number of rotatable bonds is 3. The molecule has 1 saturated carbocycles. The molecule has 0 spiro atoms. The summed E-state index contributed by atoms with van der Waals surface area (Å²) in [5.41, 5.74) is 0.892. The van der Waals surface area contributed by atoms with E-state index in [1.165, 1.54) is 4.31 Å². The number of piperazine rings is 1. The van der Waals surface area contributed by atoms with Crippen LogP contribution in [-0.2, 0) is 14.8 Å². The molecule has 0 unspecified atom stereocenters. The lowest BCUT2D eigenvalue weighted by Crippen LogP contribution is -2.50. The fraction of sp³-hybridized carbons (Fsp3) is 0.533. The molecule has 2 aliphatic rings. The van der Waals surface area contributed by atoms with Crippen LogP contribution in [0.2, 0.25) is 0 Å². The van der Waals surface area contributed by atoms with Gasteiger partial charge in [-0.2, -0.15) is 4.31 Å².